The summed E-state index contributed by atoms with van der Waals surface area (Å²) in [6.07, 6.45) is 3.68. The first kappa shape index (κ1) is 15.7. The maximum absolute atomic E-state index is 6.01. The monoisotopic (exact) mass is 338 g/mol. The molecule has 4 nitrogen and oxygen atoms in total. The summed E-state index contributed by atoms with van der Waals surface area (Å²) in [5, 5.41) is 0. The number of nitrogens with two attached hydrogens (primary N) is 1. The average molecular weight is 339 g/mol. The average Bonchev–Trinajstić information content (AvgIpc) is 2.57. The van der Waals surface area contributed by atoms with Gasteiger partial charge in [-0.3, -0.25) is 4.98 Å². The van der Waals surface area contributed by atoms with E-state index in [4.69, 9.17) is 15.0 Å². The Bertz CT molecular complexity index is 498. The number of halogens is 1. The van der Waals surface area contributed by atoms with Crippen molar-refractivity contribution in [3.8, 4) is 0 Å². The van der Waals surface area contributed by atoms with E-state index in [0.717, 1.165) is 15.6 Å². The fraction of sp³-hybridized carbons (Fsp3) is 0.500. The molecule has 0 saturated carbocycles. The molecule has 0 amide bonds. The predicted molar refractivity (Wildman–Crippen MR) is 85.1 cm³/mol. The Labute approximate surface area is 129 Å². The zero-order chi connectivity index (χ0) is 15.0. The van der Waals surface area contributed by atoms with Crippen molar-refractivity contribution >= 4 is 29.1 Å². The van der Waals surface area contributed by atoms with Crippen molar-refractivity contribution in [1.29, 1.82) is 0 Å². The van der Waals surface area contributed by atoms with Gasteiger partial charge in [0.1, 0.15) is 0 Å². The van der Waals surface area contributed by atoms with Gasteiger partial charge in [0.15, 0.2) is 0 Å². The molecule has 1 aromatic rings. The van der Waals surface area contributed by atoms with Crippen LogP contribution < -0.4 is 5.73 Å². The van der Waals surface area contributed by atoms with E-state index in [1.165, 1.54) is 0 Å². The van der Waals surface area contributed by atoms with Crippen molar-refractivity contribution < 1.29 is 9.31 Å². The van der Waals surface area contributed by atoms with Crippen molar-refractivity contribution in [1.82, 2.24) is 4.98 Å². The molecule has 20 heavy (non-hydrogen) atoms. The lowest BCUT2D eigenvalue weighted by molar-refractivity contribution is 0.00578. The van der Waals surface area contributed by atoms with Crippen molar-refractivity contribution in [2.45, 2.75) is 38.9 Å². The predicted octanol–water partition coefficient (Wildman–Crippen LogP) is 2.82. The van der Waals surface area contributed by atoms with E-state index in [-0.39, 0.29) is 11.2 Å². The molecular weight excluding hydrogens is 319 g/mol. The van der Waals surface area contributed by atoms with Crippen LogP contribution in [0.1, 0.15) is 33.4 Å². The third kappa shape index (κ3) is 3.14. The van der Waals surface area contributed by atoms with Crippen LogP contribution in [0.25, 0.3) is 6.08 Å². The first-order chi connectivity index (χ1) is 9.25. The van der Waals surface area contributed by atoms with E-state index in [2.05, 4.69) is 20.9 Å². The minimum absolute atomic E-state index is 0.362. The summed E-state index contributed by atoms with van der Waals surface area (Å²) in [6, 6.07) is 3.86. The van der Waals surface area contributed by atoms with Gasteiger partial charge in [0, 0.05) is 17.2 Å². The largest absolute Gasteiger partial charge is 0.491 e. The molecule has 0 aliphatic carbocycles. The lowest BCUT2D eigenvalue weighted by Gasteiger charge is -2.32. The van der Waals surface area contributed by atoms with Crippen molar-refractivity contribution in [2.75, 3.05) is 6.54 Å². The molecule has 0 radical (unpaired) electrons. The Morgan fingerprint density at radius 1 is 1.30 bits per heavy atom. The Kier molecular flexibility index (Phi) is 4.40. The summed E-state index contributed by atoms with van der Waals surface area (Å²) in [7, 11) is -0.421. The highest BCUT2D eigenvalue weighted by atomic mass is 79.9. The van der Waals surface area contributed by atoms with Crippen LogP contribution in [0.4, 0.5) is 0 Å². The van der Waals surface area contributed by atoms with Gasteiger partial charge < -0.3 is 15.0 Å². The molecule has 1 aliphatic rings. The SMILES string of the molecule is CC1(C)OB(C(=Cc2ccc(Br)cn2)CN)OC1(C)C. The van der Waals surface area contributed by atoms with E-state index >= 15 is 0 Å². The first-order valence-electron chi connectivity index (χ1n) is 6.63. The zero-order valence-electron chi connectivity index (χ0n) is 12.3. The highest BCUT2D eigenvalue weighted by Gasteiger charge is 2.52. The highest BCUT2D eigenvalue weighted by Crippen LogP contribution is 2.38. The van der Waals surface area contributed by atoms with Crippen LogP contribution in [-0.4, -0.2) is 29.8 Å². The van der Waals surface area contributed by atoms with Crippen LogP contribution in [-0.2, 0) is 9.31 Å². The number of hydrogen-bond donors (Lipinski definition) is 1. The smallest absolute Gasteiger partial charge is 0.400 e. The van der Waals surface area contributed by atoms with Gasteiger partial charge in [-0.05, 0) is 67.3 Å². The Hall–Kier alpha value is -0.685. The quantitative estimate of drug-likeness (QED) is 0.861. The molecule has 2 N–H and O–H groups in total. The van der Waals surface area contributed by atoms with E-state index < -0.39 is 7.12 Å². The third-order valence-corrected chi connectivity index (χ3v) is 4.34. The molecule has 1 aromatic heterocycles. The molecule has 2 heterocycles. The molecule has 6 heteroatoms. The van der Waals surface area contributed by atoms with E-state index in [1.807, 2.05) is 45.9 Å². The Balaban J connectivity index is 2.24. The van der Waals surface area contributed by atoms with Crippen LogP contribution in [0.5, 0.6) is 0 Å². The molecular formula is C14H20BBrN2O2. The summed E-state index contributed by atoms with van der Waals surface area (Å²) < 4.78 is 13.0. The second-order valence-corrected chi connectivity index (χ2v) is 6.83. The van der Waals surface area contributed by atoms with E-state index in [1.54, 1.807) is 6.20 Å². The molecule has 0 atom stereocenters. The number of rotatable bonds is 3. The normalized spacial score (nSPS) is 21.3. The van der Waals surface area contributed by atoms with Gasteiger partial charge in [-0.1, -0.05) is 0 Å². The van der Waals surface area contributed by atoms with E-state index in [0.29, 0.717) is 6.54 Å². The number of hydrogen-bond acceptors (Lipinski definition) is 4. The van der Waals surface area contributed by atoms with Crippen molar-refractivity contribution in [2.24, 2.45) is 5.73 Å². The van der Waals surface area contributed by atoms with E-state index in [9.17, 15) is 0 Å². The minimum atomic E-state index is -0.421. The molecule has 0 bridgehead atoms. The summed E-state index contributed by atoms with van der Waals surface area (Å²) in [5.41, 5.74) is 6.84. The van der Waals surface area contributed by atoms with Gasteiger partial charge in [0.05, 0.1) is 16.9 Å². The fourth-order valence-corrected chi connectivity index (χ4v) is 2.11. The summed E-state index contributed by atoms with van der Waals surface area (Å²) in [6.45, 7) is 8.48. The van der Waals surface area contributed by atoms with Gasteiger partial charge in [0.2, 0.25) is 0 Å². The van der Waals surface area contributed by atoms with Crippen LogP contribution in [0.15, 0.2) is 28.3 Å². The summed E-state index contributed by atoms with van der Waals surface area (Å²) in [4.78, 5) is 4.32. The molecule has 0 aromatic carbocycles. The van der Waals surface area contributed by atoms with Crippen molar-refractivity contribution in [3.63, 3.8) is 0 Å². The van der Waals surface area contributed by atoms with Gasteiger partial charge in [-0.15, -0.1) is 0 Å². The molecule has 1 aliphatic heterocycles. The van der Waals surface area contributed by atoms with Gasteiger partial charge in [0.25, 0.3) is 0 Å². The molecule has 108 valence electrons. The second kappa shape index (κ2) is 5.60. The fourth-order valence-electron chi connectivity index (χ4n) is 1.88. The van der Waals surface area contributed by atoms with Crippen LogP contribution in [0.2, 0.25) is 0 Å². The van der Waals surface area contributed by atoms with Gasteiger partial charge >= 0.3 is 7.12 Å². The third-order valence-electron chi connectivity index (χ3n) is 3.88. The standard InChI is InChI=1S/C14H20BBrN2O2/c1-13(2)14(3,4)20-15(19-13)10(8-17)7-12-6-5-11(16)9-18-12/h5-7,9H,8,17H2,1-4H3. The Morgan fingerprint density at radius 3 is 2.35 bits per heavy atom. The van der Waals surface area contributed by atoms with Gasteiger partial charge in [-0.25, -0.2) is 0 Å². The maximum atomic E-state index is 6.01. The van der Waals surface area contributed by atoms with Crippen molar-refractivity contribution in [3.05, 3.63) is 34.0 Å². The van der Waals surface area contributed by atoms with Crippen LogP contribution >= 0.6 is 15.9 Å². The second-order valence-electron chi connectivity index (χ2n) is 5.91. The first-order valence-corrected chi connectivity index (χ1v) is 7.42. The number of pyridine rings is 1. The molecule has 0 unspecified atom stereocenters. The summed E-state index contributed by atoms with van der Waals surface area (Å²) >= 11 is 3.37. The highest BCUT2D eigenvalue weighted by molar-refractivity contribution is 9.10. The molecule has 1 fully saturated rings. The number of aromatic nitrogens is 1. The number of nitrogens with zero attached hydrogens (tertiary/aromatic N) is 1. The lowest BCUT2D eigenvalue weighted by atomic mass is 9.77. The van der Waals surface area contributed by atoms with Crippen LogP contribution in [0.3, 0.4) is 0 Å². The molecule has 1 saturated heterocycles. The topological polar surface area (TPSA) is 57.4 Å². The van der Waals surface area contributed by atoms with Crippen LogP contribution in [0, 0.1) is 0 Å². The minimum Gasteiger partial charge on any atom is -0.400 e. The lowest BCUT2D eigenvalue weighted by Crippen LogP contribution is -2.41. The Morgan fingerprint density at radius 2 is 1.90 bits per heavy atom. The maximum Gasteiger partial charge on any atom is 0.491 e. The zero-order valence-corrected chi connectivity index (χ0v) is 13.9. The summed E-state index contributed by atoms with van der Waals surface area (Å²) in [5.74, 6) is 0. The molecule has 2 rings (SSSR count). The molecule has 0 spiro atoms. The van der Waals surface area contributed by atoms with Gasteiger partial charge in [-0.2, -0.15) is 0 Å².